The summed E-state index contributed by atoms with van der Waals surface area (Å²) in [5.74, 6) is 0. The number of quaternary nitrogens is 1. The second-order valence-corrected chi connectivity index (χ2v) is 5.08. The van der Waals surface area contributed by atoms with Crippen molar-refractivity contribution in [2.24, 2.45) is 0 Å². The average molecular weight is 368 g/mol. The van der Waals surface area contributed by atoms with Gasteiger partial charge >= 0.3 is 8.25 Å². The van der Waals surface area contributed by atoms with Crippen LogP contribution in [0.4, 0.5) is 0 Å². The summed E-state index contributed by atoms with van der Waals surface area (Å²) in [6, 6.07) is 0. The third-order valence-corrected chi connectivity index (χ3v) is 2.46. The molecule has 16 heavy (non-hydrogen) atoms. The van der Waals surface area contributed by atoms with E-state index in [1.807, 2.05) is 21.1 Å². The molecule has 0 saturated carbocycles. The van der Waals surface area contributed by atoms with Gasteiger partial charge < -0.3 is 38.7 Å². The van der Waals surface area contributed by atoms with Crippen LogP contribution >= 0.6 is 8.25 Å². The van der Waals surface area contributed by atoms with Crippen LogP contribution in [0.2, 0.25) is 0 Å². The predicted octanol–water partition coefficient (Wildman–Crippen LogP) is -3.26. The van der Waals surface area contributed by atoms with Gasteiger partial charge in [-0.1, -0.05) is 0 Å². The minimum absolute atomic E-state index is 0. The Labute approximate surface area is 114 Å². The van der Waals surface area contributed by atoms with Gasteiger partial charge in [-0.25, -0.2) is 0 Å². The highest BCUT2D eigenvalue weighted by Crippen LogP contribution is 2.25. The first kappa shape index (κ1) is 19.0. The normalized spacial score (nSPS) is 12.5. The van der Waals surface area contributed by atoms with Crippen LogP contribution in [0.5, 0.6) is 0 Å². The standard InChI is InChI=1S/C8H20NO5P.HI/c1-9(2,3)4-5-13-15(12)14-8(6-10)7-11;/h8,10-11H,4-7H2,1-3H3;1H/q+2;/p-1. The smallest absolute Gasteiger partial charge is 0.698 e. The fourth-order valence-electron chi connectivity index (χ4n) is 0.666. The van der Waals surface area contributed by atoms with Crippen molar-refractivity contribution in [3.05, 3.63) is 0 Å². The fraction of sp³-hybridized carbons (Fsp3) is 1.00. The molecule has 98 valence electrons. The summed E-state index contributed by atoms with van der Waals surface area (Å²) in [6.07, 6.45) is -0.835. The molecule has 2 N–H and O–H groups in total. The first-order chi connectivity index (χ1) is 6.89. The molecular weight excluding hydrogens is 348 g/mol. The second-order valence-electron chi connectivity index (χ2n) is 4.16. The van der Waals surface area contributed by atoms with Crippen LogP contribution in [0.1, 0.15) is 0 Å². The van der Waals surface area contributed by atoms with Crippen molar-refractivity contribution in [3.63, 3.8) is 0 Å². The Kier molecular flexibility index (Phi) is 11.4. The van der Waals surface area contributed by atoms with Crippen molar-refractivity contribution in [2.45, 2.75) is 6.10 Å². The van der Waals surface area contributed by atoms with Crippen molar-refractivity contribution in [2.75, 3.05) is 47.5 Å². The van der Waals surface area contributed by atoms with Gasteiger partial charge in [-0.15, -0.1) is 9.05 Å². The van der Waals surface area contributed by atoms with Crippen molar-refractivity contribution >= 4 is 8.25 Å². The van der Waals surface area contributed by atoms with E-state index in [1.54, 1.807) is 0 Å². The number of halogens is 1. The number of hydrogen-bond donors (Lipinski definition) is 2. The lowest BCUT2D eigenvalue weighted by Gasteiger charge is -2.21. The van der Waals surface area contributed by atoms with Crippen molar-refractivity contribution in [1.82, 2.24) is 0 Å². The molecule has 0 aromatic carbocycles. The van der Waals surface area contributed by atoms with E-state index in [4.69, 9.17) is 19.3 Å². The van der Waals surface area contributed by atoms with Crippen LogP contribution in [0, 0.1) is 0 Å². The Morgan fingerprint density at radius 1 is 1.25 bits per heavy atom. The lowest BCUT2D eigenvalue weighted by Crippen LogP contribution is -3.00. The van der Waals surface area contributed by atoms with E-state index < -0.39 is 14.4 Å². The molecule has 0 aliphatic rings. The first-order valence-corrected chi connectivity index (χ1v) is 5.77. The van der Waals surface area contributed by atoms with E-state index >= 15 is 0 Å². The fourth-order valence-corrected chi connectivity index (χ4v) is 1.33. The molecule has 0 aromatic heterocycles. The third-order valence-electron chi connectivity index (χ3n) is 1.60. The zero-order valence-corrected chi connectivity index (χ0v) is 12.8. The van der Waals surface area contributed by atoms with E-state index in [9.17, 15) is 4.57 Å². The van der Waals surface area contributed by atoms with Gasteiger partial charge in [0.2, 0.25) is 0 Å². The largest absolute Gasteiger partial charge is 1.00 e. The van der Waals surface area contributed by atoms with Gasteiger partial charge in [0.05, 0.1) is 34.4 Å². The highest BCUT2D eigenvalue weighted by Gasteiger charge is 2.27. The summed E-state index contributed by atoms with van der Waals surface area (Å²) in [6.45, 7) is 0.252. The SMILES string of the molecule is C[N+](C)(C)CCO[P+](=O)OC(CO)CO.[I-]. The molecule has 0 heterocycles. The Hall–Kier alpha value is 0.630. The van der Waals surface area contributed by atoms with E-state index in [0.717, 1.165) is 0 Å². The maximum absolute atomic E-state index is 11.1. The monoisotopic (exact) mass is 368 g/mol. The Morgan fingerprint density at radius 2 is 1.75 bits per heavy atom. The minimum atomic E-state index is -2.26. The van der Waals surface area contributed by atoms with Crippen molar-refractivity contribution < 1.29 is 52.3 Å². The van der Waals surface area contributed by atoms with Crippen LogP contribution in [-0.4, -0.2) is 68.3 Å². The molecule has 6 nitrogen and oxygen atoms in total. The zero-order valence-electron chi connectivity index (χ0n) is 9.80. The van der Waals surface area contributed by atoms with Crippen LogP contribution in [0.25, 0.3) is 0 Å². The number of likely N-dealkylation sites (N-methyl/N-ethyl adjacent to an activating group) is 1. The lowest BCUT2D eigenvalue weighted by atomic mass is 10.4. The third kappa shape index (κ3) is 11.1. The second kappa shape index (κ2) is 9.64. The molecule has 8 heteroatoms. The lowest BCUT2D eigenvalue weighted by molar-refractivity contribution is -0.870. The van der Waals surface area contributed by atoms with E-state index in [2.05, 4.69) is 0 Å². The number of nitrogens with zero attached hydrogens (tertiary/aromatic N) is 1. The minimum Gasteiger partial charge on any atom is -1.00 e. The molecule has 0 fully saturated rings. The van der Waals surface area contributed by atoms with E-state index in [-0.39, 0.29) is 37.2 Å². The number of aliphatic hydroxyl groups is 2. The van der Waals surface area contributed by atoms with Crippen molar-refractivity contribution in [1.29, 1.82) is 0 Å². The first-order valence-electron chi connectivity index (χ1n) is 4.68. The molecule has 0 amide bonds. The molecule has 1 unspecified atom stereocenters. The molecule has 0 aromatic rings. The Morgan fingerprint density at radius 3 is 2.12 bits per heavy atom. The summed E-state index contributed by atoms with van der Waals surface area (Å²) in [7, 11) is 3.70. The van der Waals surface area contributed by atoms with Gasteiger partial charge in [-0.2, -0.15) is 0 Å². The number of hydrogen-bond acceptors (Lipinski definition) is 5. The van der Waals surface area contributed by atoms with Crippen LogP contribution in [0.15, 0.2) is 0 Å². The molecule has 0 bridgehead atoms. The van der Waals surface area contributed by atoms with Gasteiger partial charge in [-0.05, 0) is 0 Å². The molecule has 0 spiro atoms. The quantitative estimate of drug-likeness (QED) is 0.267. The Bertz CT molecular complexity index is 195. The molecule has 0 aliphatic heterocycles. The zero-order chi connectivity index (χ0) is 11.9. The van der Waals surface area contributed by atoms with Gasteiger partial charge in [0.15, 0.2) is 12.7 Å². The van der Waals surface area contributed by atoms with Gasteiger partial charge in [0.25, 0.3) is 0 Å². The van der Waals surface area contributed by atoms with Crippen molar-refractivity contribution in [3.8, 4) is 0 Å². The Balaban J connectivity index is 0. The maximum atomic E-state index is 11.1. The summed E-state index contributed by atoms with van der Waals surface area (Å²) in [4.78, 5) is 0. The molecule has 0 radical (unpaired) electrons. The summed E-state index contributed by atoms with van der Waals surface area (Å²) >= 11 is 0. The average Bonchev–Trinajstić information content (AvgIpc) is 2.12. The molecule has 0 aliphatic carbocycles. The van der Waals surface area contributed by atoms with Crippen LogP contribution in [0.3, 0.4) is 0 Å². The van der Waals surface area contributed by atoms with Gasteiger partial charge in [0.1, 0.15) is 6.54 Å². The number of aliphatic hydroxyl groups excluding tert-OH is 2. The van der Waals surface area contributed by atoms with Crippen LogP contribution < -0.4 is 24.0 Å². The molecule has 0 rings (SSSR count). The number of rotatable bonds is 8. The van der Waals surface area contributed by atoms with Gasteiger partial charge in [0, 0.05) is 4.57 Å². The molecule has 1 atom stereocenters. The van der Waals surface area contributed by atoms with Crippen LogP contribution in [-0.2, 0) is 13.6 Å². The van der Waals surface area contributed by atoms with E-state index in [0.29, 0.717) is 17.6 Å². The summed E-state index contributed by atoms with van der Waals surface area (Å²) in [5.41, 5.74) is 0. The molecule has 0 saturated heterocycles. The highest BCUT2D eigenvalue weighted by atomic mass is 127. The topological polar surface area (TPSA) is 76.0 Å². The summed E-state index contributed by atoms with van der Waals surface area (Å²) < 4.78 is 21.5. The maximum Gasteiger partial charge on any atom is 0.698 e. The summed E-state index contributed by atoms with van der Waals surface area (Å²) in [5, 5.41) is 17.3. The molecular formula is C8H20INO5P+. The predicted molar refractivity (Wildman–Crippen MR) is 55.5 cm³/mol. The van der Waals surface area contributed by atoms with E-state index in [1.165, 1.54) is 0 Å². The highest BCUT2D eigenvalue weighted by molar-refractivity contribution is 7.33. The van der Waals surface area contributed by atoms with Gasteiger partial charge in [-0.3, -0.25) is 0 Å².